The van der Waals surface area contributed by atoms with Gasteiger partial charge in [0.2, 0.25) is 0 Å². The standard InChI is InChI=1S/C21H21Cl2N3O2S/c1-14-18(20(24-28-14)19-16(22)5-2-6-17(19)23)21(27)26-11-9-25(10-12-26)8-7-15-4-3-13-29-15/h2-6,13H,7-12H2,1H3. The van der Waals surface area contributed by atoms with Crippen LogP contribution in [0, 0.1) is 6.92 Å². The molecule has 0 spiro atoms. The Labute approximate surface area is 183 Å². The van der Waals surface area contributed by atoms with Gasteiger partial charge in [0.05, 0.1) is 10.0 Å². The maximum atomic E-state index is 13.3. The predicted octanol–water partition coefficient (Wildman–Crippen LogP) is 5.02. The van der Waals surface area contributed by atoms with Crippen molar-refractivity contribution in [2.75, 3.05) is 32.7 Å². The smallest absolute Gasteiger partial charge is 0.259 e. The second kappa shape index (κ2) is 8.88. The van der Waals surface area contributed by atoms with Crippen LogP contribution in [0.1, 0.15) is 21.0 Å². The van der Waals surface area contributed by atoms with Crippen molar-refractivity contribution < 1.29 is 9.32 Å². The minimum absolute atomic E-state index is 0.0901. The van der Waals surface area contributed by atoms with Gasteiger partial charge in [0.15, 0.2) is 0 Å². The lowest BCUT2D eigenvalue weighted by Crippen LogP contribution is -2.49. The van der Waals surface area contributed by atoms with E-state index in [1.165, 1.54) is 4.88 Å². The van der Waals surface area contributed by atoms with Crippen molar-refractivity contribution in [2.24, 2.45) is 0 Å². The molecule has 3 heterocycles. The molecule has 0 saturated carbocycles. The molecule has 0 radical (unpaired) electrons. The van der Waals surface area contributed by atoms with Crippen LogP contribution < -0.4 is 0 Å². The Kier molecular flexibility index (Phi) is 6.25. The van der Waals surface area contributed by atoms with Crippen molar-refractivity contribution in [3.05, 3.63) is 62.0 Å². The van der Waals surface area contributed by atoms with Crippen LogP contribution in [-0.4, -0.2) is 53.6 Å². The first kappa shape index (κ1) is 20.4. The number of benzene rings is 1. The fraction of sp³-hybridized carbons (Fsp3) is 0.333. The molecule has 1 saturated heterocycles. The van der Waals surface area contributed by atoms with Crippen LogP contribution in [0.25, 0.3) is 11.3 Å². The monoisotopic (exact) mass is 449 g/mol. The molecule has 1 fully saturated rings. The fourth-order valence-corrected chi connectivity index (χ4v) is 4.85. The number of aromatic nitrogens is 1. The maximum absolute atomic E-state index is 13.3. The van der Waals surface area contributed by atoms with Crippen molar-refractivity contribution in [2.45, 2.75) is 13.3 Å². The summed E-state index contributed by atoms with van der Waals surface area (Å²) in [6.45, 7) is 5.79. The normalized spacial score (nSPS) is 15.1. The molecule has 1 aliphatic rings. The Hall–Kier alpha value is -1.86. The lowest BCUT2D eigenvalue weighted by atomic mass is 10.0. The summed E-state index contributed by atoms with van der Waals surface area (Å²) in [4.78, 5) is 18.9. The van der Waals surface area contributed by atoms with E-state index in [2.05, 4.69) is 27.6 Å². The van der Waals surface area contributed by atoms with Crippen LogP contribution >= 0.6 is 34.5 Å². The highest BCUT2D eigenvalue weighted by atomic mass is 35.5. The highest BCUT2D eigenvalue weighted by Gasteiger charge is 2.30. The lowest BCUT2D eigenvalue weighted by Gasteiger charge is -2.34. The van der Waals surface area contributed by atoms with Crippen molar-refractivity contribution in [3.63, 3.8) is 0 Å². The van der Waals surface area contributed by atoms with Gasteiger partial charge in [0, 0.05) is 43.2 Å². The molecule has 0 unspecified atom stereocenters. The summed E-state index contributed by atoms with van der Waals surface area (Å²) in [5, 5.41) is 7.09. The van der Waals surface area contributed by atoms with Gasteiger partial charge in [-0.1, -0.05) is 40.5 Å². The number of thiophene rings is 1. The van der Waals surface area contributed by atoms with Gasteiger partial charge in [-0.05, 0) is 36.9 Å². The van der Waals surface area contributed by atoms with E-state index in [1.54, 1.807) is 36.5 Å². The van der Waals surface area contributed by atoms with Gasteiger partial charge in [-0.3, -0.25) is 9.69 Å². The number of aryl methyl sites for hydroxylation is 1. The van der Waals surface area contributed by atoms with E-state index in [9.17, 15) is 4.79 Å². The topological polar surface area (TPSA) is 49.6 Å². The molecule has 5 nitrogen and oxygen atoms in total. The zero-order chi connectivity index (χ0) is 20.4. The number of halogens is 2. The Bertz CT molecular complexity index is 975. The number of hydrogen-bond acceptors (Lipinski definition) is 5. The number of piperazine rings is 1. The Morgan fingerprint density at radius 2 is 1.86 bits per heavy atom. The average molecular weight is 450 g/mol. The number of nitrogens with zero attached hydrogens (tertiary/aromatic N) is 3. The van der Waals surface area contributed by atoms with Crippen molar-refractivity contribution >= 4 is 40.4 Å². The second-order valence-corrected chi connectivity index (χ2v) is 8.87. The summed E-state index contributed by atoms with van der Waals surface area (Å²) < 4.78 is 5.35. The quantitative estimate of drug-likeness (QED) is 0.548. The fourth-order valence-electron chi connectivity index (χ4n) is 3.57. The number of carbonyl (C=O) groups is 1. The van der Waals surface area contributed by atoms with Crippen LogP contribution in [0.5, 0.6) is 0 Å². The molecule has 152 valence electrons. The van der Waals surface area contributed by atoms with E-state index in [0.29, 0.717) is 45.7 Å². The van der Waals surface area contributed by atoms with Gasteiger partial charge in [-0.25, -0.2) is 0 Å². The zero-order valence-corrected chi connectivity index (χ0v) is 18.4. The summed E-state index contributed by atoms with van der Waals surface area (Å²) in [5.41, 5.74) is 1.38. The molecule has 4 rings (SSSR count). The Morgan fingerprint density at radius 1 is 1.14 bits per heavy atom. The molecular weight excluding hydrogens is 429 g/mol. The van der Waals surface area contributed by atoms with Gasteiger partial charge in [-0.15, -0.1) is 11.3 Å². The largest absolute Gasteiger partial charge is 0.360 e. The van der Waals surface area contributed by atoms with E-state index in [1.807, 2.05) is 4.90 Å². The molecule has 0 bridgehead atoms. The second-order valence-electron chi connectivity index (χ2n) is 7.02. The minimum atomic E-state index is -0.0901. The van der Waals surface area contributed by atoms with Crippen LogP contribution in [0.4, 0.5) is 0 Å². The molecule has 3 aromatic rings. The van der Waals surface area contributed by atoms with Crippen LogP contribution in [0.3, 0.4) is 0 Å². The van der Waals surface area contributed by atoms with E-state index < -0.39 is 0 Å². The third-order valence-corrected chi connectivity index (χ3v) is 6.76. The van der Waals surface area contributed by atoms with Crippen LogP contribution in [-0.2, 0) is 6.42 Å². The number of carbonyl (C=O) groups excluding carboxylic acids is 1. The first-order chi connectivity index (χ1) is 14.0. The minimum Gasteiger partial charge on any atom is -0.360 e. The molecule has 1 aromatic carbocycles. The van der Waals surface area contributed by atoms with E-state index in [4.69, 9.17) is 27.7 Å². The van der Waals surface area contributed by atoms with Gasteiger partial charge >= 0.3 is 0 Å². The van der Waals surface area contributed by atoms with Gasteiger partial charge < -0.3 is 9.42 Å². The van der Waals surface area contributed by atoms with Crippen molar-refractivity contribution in [3.8, 4) is 11.3 Å². The molecule has 0 N–H and O–H groups in total. The highest BCUT2D eigenvalue weighted by molar-refractivity contribution is 7.09. The number of rotatable bonds is 5. The average Bonchev–Trinajstić information content (AvgIpc) is 3.36. The molecule has 1 aliphatic heterocycles. The molecule has 0 atom stereocenters. The summed E-state index contributed by atoms with van der Waals surface area (Å²) in [7, 11) is 0. The van der Waals surface area contributed by atoms with Crippen molar-refractivity contribution in [1.82, 2.24) is 15.0 Å². The maximum Gasteiger partial charge on any atom is 0.259 e. The number of hydrogen-bond donors (Lipinski definition) is 0. The summed E-state index contributed by atoms with van der Waals surface area (Å²) in [5.74, 6) is 0.383. The van der Waals surface area contributed by atoms with Crippen LogP contribution in [0.2, 0.25) is 10.0 Å². The Morgan fingerprint density at radius 3 is 2.52 bits per heavy atom. The summed E-state index contributed by atoms with van der Waals surface area (Å²) in [6, 6.07) is 9.47. The number of amides is 1. The van der Waals surface area contributed by atoms with Gasteiger partial charge in [-0.2, -0.15) is 0 Å². The SMILES string of the molecule is Cc1onc(-c2c(Cl)cccc2Cl)c1C(=O)N1CCN(CCc2cccs2)CC1. The third kappa shape index (κ3) is 4.36. The molecule has 0 aliphatic carbocycles. The Balaban J connectivity index is 1.46. The summed E-state index contributed by atoms with van der Waals surface area (Å²) in [6.07, 6.45) is 1.05. The van der Waals surface area contributed by atoms with E-state index in [-0.39, 0.29) is 5.91 Å². The first-order valence-corrected chi connectivity index (χ1v) is 11.1. The first-order valence-electron chi connectivity index (χ1n) is 9.49. The summed E-state index contributed by atoms with van der Waals surface area (Å²) >= 11 is 14.5. The van der Waals surface area contributed by atoms with E-state index >= 15 is 0 Å². The van der Waals surface area contributed by atoms with Crippen LogP contribution in [0.15, 0.2) is 40.2 Å². The van der Waals surface area contributed by atoms with E-state index in [0.717, 1.165) is 26.1 Å². The van der Waals surface area contributed by atoms with Gasteiger partial charge in [0.1, 0.15) is 17.0 Å². The molecule has 8 heteroatoms. The molecule has 1 amide bonds. The zero-order valence-electron chi connectivity index (χ0n) is 16.0. The lowest BCUT2D eigenvalue weighted by molar-refractivity contribution is 0.0637. The van der Waals surface area contributed by atoms with Crippen molar-refractivity contribution in [1.29, 1.82) is 0 Å². The predicted molar refractivity (Wildman–Crippen MR) is 117 cm³/mol. The highest BCUT2D eigenvalue weighted by Crippen LogP contribution is 2.37. The third-order valence-electron chi connectivity index (χ3n) is 5.19. The molecule has 29 heavy (non-hydrogen) atoms. The van der Waals surface area contributed by atoms with Gasteiger partial charge in [0.25, 0.3) is 5.91 Å². The molecular formula is C21H21Cl2N3O2S. The molecule has 2 aromatic heterocycles.